The van der Waals surface area contributed by atoms with Crippen LogP contribution in [0.1, 0.15) is 373 Å². The Morgan fingerprint density at radius 2 is 0.541 bits per heavy atom. The molecule has 0 fully saturated rings. The monoisotopic (exact) mass is 1040 g/mol. The highest BCUT2D eigenvalue weighted by Gasteiger charge is 2.16. The lowest BCUT2D eigenvalue weighted by Gasteiger charge is -2.15. The molecule has 0 rings (SSSR count). The summed E-state index contributed by atoms with van der Waals surface area (Å²) in [5.41, 5.74) is 0. The molecule has 0 aliphatic heterocycles. The molecule has 0 aromatic heterocycles. The first-order valence-corrected chi connectivity index (χ1v) is 33.5. The van der Waals surface area contributed by atoms with Crippen molar-refractivity contribution in [2.75, 3.05) is 13.2 Å². The van der Waals surface area contributed by atoms with Crippen LogP contribution in [0, 0.1) is 0 Å². The van der Waals surface area contributed by atoms with Crippen LogP contribution in [-0.4, -0.2) is 36.4 Å². The minimum Gasteiger partial charge on any atom is -0.462 e. The van der Waals surface area contributed by atoms with Crippen molar-refractivity contribution < 1.29 is 24.2 Å². The third-order valence-corrected chi connectivity index (χ3v) is 15.4. The number of hydrogen-bond acceptors (Lipinski definition) is 5. The Hall–Kier alpha value is -1.88. The van der Waals surface area contributed by atoms with Crippen LogP contribution in [0.4, 0.5) is 0 Å². The van der Waals surface area contributed by atoms with Crippen molar-refractivity contribution in [1.29, 1.82) is 0 Å². The summed E-state index contributed by atoms with van der Waals surface area (Å²) in [5.74, 6) is -0.587. The van der Waals surface area contributed by atoms with Gasteiger partial charge in [0, 0.05) is 12.8 Å². The van der Waals surface area contributed by atoms with Gasteiger partial charge in [0.05, 0.1) is 6.61 Å². The molecule has 0 aromatic rings. The van der Waals surface area contributed by atoms with Gasteiger partial charge >= 0.3 is 11.9 Å². The topological polar surface area (TPSA) is 72.8 Å². The number of ether oxygens (including phenoxy) is 2. The molecule has 5 nitrogen and oxygen atoms in total. The second-order valence-electron chi connectivity index (χ2n) is 22.9. The zero-order valence-electron chi connectivity index (χ0n) is 50.1. The summed E-state index contributed by atoms with van der Waals surface area (Å²) < 4.78 is 10.7. The van der Waals surface area contributed by atoms with Gasteiger partial charge in [-0.05, 0) is 51.4 Å². The van der Waals surface area contributed by atoms with Gasteiger partial charge in [0.1, 0.15) is 6.61 Å². The summed E-state index contributed by atoms with van der Waals surface area (Å²) in [7, 11) is 0. The van der Waals surface area contributed by atoms with E-state index in [9.17, 15) is 14.7 Å². The van der Waals surface area contributed by atoms with E-state index < -0.39 is 6.10 Å². The molecule has 0 radical (unpaired) electrons. The highest BCUT2D eigenvalue weighted by Crippen LogP contribution is 2.19. The molecule has 5 heteroatoms. The average Bonchev–Trinajstić information content (AvgIpc) is 3.40. The van der Waals surface area contributed by atoms with E-state index >= 15 is 0 Å². The maximum absolute atomic E-state index is 12.3. The number of aliphatic hydroxyl groups is 1. The van der Waals surface area contributed by atoms with Crippen LogP contribution in [0.15, 0.2) is 36.5 Å². The number of carbonyl (C=O) groups is 2. The Morgan fingerprint density at radius 3 is 0.811 bits per heavy atom. The maximum Gasteiger partial charge on any atom is 0.306 e. The van der Waals surface area contributed by atoms with E-state index in [0.717, 1.165) is 57.8 Å². The van der Waals surface area contributed by atoms with Gasteiger partial charge in [0.2, 0.25) is 0 Å². The fourth-order valence-corrected chi connectivity index (χ4v) is 10.4. The third-order valence-electron chi connectivity index (χ3n) is 15.4. The summed E-state index contributed by atoms with van der Waals surface area (Å²) in [6.07, 6.45) is 86.1. The van der Waals surface area contributed by atoms with E-state index in [2.05, 4.69) is 50.3 Å². The van der Waals surface area contributed by atoms with E-state index in [1.165, 1.54) is 289 Å². The molecule has 0 heterocycles. The molecule has 0 aliphatic carbocycles. The van der Waals surface area contributed by atoms with Crippen LogP contribution >= 0.6 is 0 Å². The van der Waals surface area contributed by atoms with Crippen LogP contribution in [0.5, 0.6) is 0 Å². The second kappa shape index (κ2) is 65.4. The summed E-state index contributed by atoms with van der Waals surface area (Å²) in [5, 5.41) is 9.67. The third kappa shape index (κ3) is 62.7. The smallest absolute Gasteiger partial charge is 0.306 e. The van der Waals surface area contributed by atoms with Gasteiger partial charge in [-0.15, -0.1) is 0 Å². The number of aliphatic hydroxyl groups excluding tert-OH is 1. The first-order valence-electron chi connectivity index (χ1n) is 33.5. The second-order valence-corrected chi connectivity index (χ2v) is 22.9. The summed E-state index contributed by atoms with van der Waals surface area (Å²) in [6.45, 7) is 4.17. The SMILES string of the molecule is CCCCCCC/C=C\C/C=C\C/C=C\CCCCCCCCC(=O)OC(CO)COC(=O)CCCCCCCCCCCCCCCCCCCCCCCCCCCCCCCCCCCCCCCCC. The fourth-order valence-electron chi connectivity index (χ4n) is 10.4. The Balaban J connectivity index is 3.37. The zero-order valence-corrected chi connectivity index (χ0v) is 50.1. The molecule has 0 amide bonds. The molecule has 1 N–H and O–H groups in total. The van der Waals surface area contributed by atoms with Crippen LogP contribution in [-0.2, 0) is 19.1 Å². The van der Waals surface area contributed by atoms with Crippen molar-refractivity contribution in [3.8, 4) is 0 Å². The van der Waals surface area contributed by atoms with Gasteiger partial charge in [-0.1, -0.05) is 346 Å². The van der Waals surface area contributed by atoms with Crippen molar-refractivity contribution in [3.63, 3.8) is 0 Å². The molecule has 0 saturated heterocycles. The van der Waals surface area contributed by atoms with Crippen molar-refractivity contribution >= 4 is 11.9 Å². The Morgan fingerprint density at radius 1 is 0.311 bits per heavy atom. The lowest BCUT2D eigenvalue weighted by Crippen LogP contribution is -2.28. The van der Waals surface area contributed by atoms with E-state index in [1.807, 2.05) is 0 Å². The predicted molar refractivity (Wildman–Crippen MR) is 325 cm³/mol. The van der Waals surface area contributed by atoms with Crippen LogP contribution in [0.2, 0.25) is 0 Å². The number of allylic oxidation sites excluding steroid dienone is 6. The number of hydrogen-bond donors (Lipinski definition) is 1. The quantitative estimate of drug-likeness (QED) is 0.0373. The summed E-state index contributed by atoms with van der Waals surface area (Å²) >= 11 is 0. The first kappa shape index (κ1) is 72.1. The summed E-state index contributed by atoms with van der Waals surface area (Å²) in [6, 6.07) is 0. The van der Waals surface area contributed by atoms with E-state index in [1.54, 1.807) is 0 Å². The van der Waals surface area contributed by atoms with Crippen molar-refractivity contribution in [1.82, 2.24) is 0 Å². The van der Waals surface area contributed by atoms with Crippen molar-refractivity contribution in [3.05, 3.63) is 36.5 Å². The first-order chi connectivity index (χ1) is 36.6. The standard InChI is InChI=1S/C69H130O5/c1-3-5-7-9-11-13-15-17-19-21-23-25-26-27-28-29-30-31-32-33-34-35-36-37-38-39-40-41-42-44-45-47-49-51-53-55-57-59-61-63-68(71)73-66-67(65-70)74-69(72)64-62-60-58-56-54-52-50-48-46-43-24-22-20-18-16-14-12-10-8-6-4-2/h16,18,22,24,46,48,67,70H,3-15,17,19-21,23,25-45,47,49-66H2,1-2H3/b18-16-,24-22-,48-46-. The van der Waals surface area contributed by atoms with Crippen LogP contribution < -0.4 is 0 Å². The van der Waals surface area contributed by atoms with Crippen molar-refractivity contribution in [2.45, 2.75) is 380 Å². The van der Waals surface area contributed by atoms with Gasteiger partial charge in [-0.25, -0.2) is 0 Å². The van der Waals surface area contributed by atoms with Crippen LogP contribution in [0.25, 0.3) is 0 Å². The number of unbranched alkanes of at least 4 members (excludes halogenated alkanes) is 49. The van der Waals surface area contributed by atoms with Gasteiger partial charge < -0.3 is 14.6 Å². The lowest BCUT2D eigenvalue weighted by atomic mass is 10.0. The van der Waals surface area contributed by atoms with Gasteiger partial charge in [-0.3, -0.25) is 9.59 Å². The highest BCUT2D eigenvalue weighted by atomic mass is 16.6. The van der Waals surface area contributed by atoms with Crippen LogP contribution in [0.3, 0.4) is 0 Å². The average molecular weight is 1040 g/mol. The minimum atomic E-state index is -0.778. The molecule has 0 saturated carbocycles. The molecule has 1 unspecified atom stereocenters. The van der Waals surface area contributed by atoms with E-state index in [4.69, 9.17) is 9.47 Å². The Bertz CT molecular complexity index is 1170. The molecular weight excluding hydrogens is 909 g/mol. The molecule has 74 heavy (non-hydrogen) atoms. The molecule has 0 aliphatic rings. The fraction of sp³-hybridized carbons (Fsp3) is 0.884. The Kier molecular flexibility index (Phi) is 63.7. The minimum absolute atomic E-state index is 0.0673. The Labute approximate surface area is 463 Å². The predicted octanol–water partition coefficient (Wildman–Crippen LogP) is 23.0. The molecule has 436 valence electrons. The zero-order chi connectivity index (χ0) is 53.4. The summed E-state index contributed by atoms with van der Waals surface area (Å²) in [4.78, 5) is 24.6. The number of esters is 2. The molecule has 0 aromatic carbocycles. The van der Waals surface area contributed by atoms with Gasteiger partial charge in [0.15, 0.2) is 6.10 Å². The van der Waals surface area contributed by atoms with Gasteiger partial charge in [-0.2, -0.15) is 0 Å². The maximum atomic E-state index is 12.3. The molecule has 0 spiro atoms. The largest absolute Gasteiger partial charge is 0.462 e. The van der Waals surface area contributed by atoms with E-state index in [-0.39, 0.29) is 25.2 Å². The van der Waals surface area contributed by atoms with Crippen molar-refractivity contribution in [2.24, 2.45) is 0 Å². The highest BCUT2D eigenvalue weighted by molar-refractivity contribution is 5.70. The normalized spacial score (nSPS) is 12.3. The number of rotatable bonds is 63. The molecule has 1 atom stereocenters. The molecule has 0 bridgehead atoms. The number of carbonyl (C=O) groups excluding carboxylic acids is 2. The lowest BCUT2D eigenvalue weighted by molar-refractivity contribution is -0.161. The molecular formula is C69H130O5. The van der Waals surface area contributed by atoms with E-state index in [0.29, 0.717) is 12.8 Å². The van der Waals surface area contributed by atoms with Gasteiger partial charge in [0.25, 0.3) is 0 Å².